The topological polar surface area (TPSA) is 58.4 Å². The van der Waals surface area contributed by atoms with Gasteiger partial charge in [0, 0.05) is 19.1 Å². The van der Waals surface area contributed by atoms with Crippen LogP contribution in [-0.4, -0.2) is 36.6 Å². The van der Waals surface area contributed by atoms with Crippen LogP contribution in [0.15, 0.2) is 0 Å². The number of piperidine rings is 1. The molecule has 0 aromatic heterocycles. The smallest absolute Gasteiger partial charge is 0.314 e. The van der Waals surface area contributed by atoms with Gasteiger partial charge in [-0.1, -0.05) is 0 Å². The van der Waals surface area contributed by atoms with Crippen LogP contribution in [0.25, 0.3) is 0 Å². The zero-order valence-corrected chi connectivity index (χ0v) is 8.54. The third kappa shape index (κ3) is 2.00. The van der Waals surface area contributed by atoms with Crippen LogP contribution in [0.5, 0.6) is 0 Å². The van der Waals surface area contributed by atoms with Gasteiger partial charge in [-0.15, -0.1) is 0 Å². The van der Waals surface area contributed by atoms with Gasteiger partial charge in [0.15, 0.2) is 0 Å². The van der Waals surface area contributed by atoms with E-state index in [0.29, 0.717) is 6.04 Å². The maximum absolute atomic E-state index is 10.9. The minimum Gasteiger partial charge on any atom is -0.351 e. The van der Waals surface area contributed by atoms with Crippen molar-refractivity contribution in [1.82, 2.24) is 10.2 Å². The summed E-state index contributed by atoms with van der Waals surface area (Å²) in [6, 6.07) is 0.438. The molecule has 0 saturated carbocycles. The number of nitrogens with zero attached hydrogens (tertiary/aromatic N) is 1. The summed E-state index contributed by atoms with van der Waals surface area (Å²) in [5.41, 5.74) is 5.24. The molecule has 0 aliphatic carbocycles. The second-order valence-electron chi connectivity index (χ2n) is 4.37. The van der Waals surface area contributed by atoms with Crippen molar-refractivity contribution in [3.05, 3.63) is 0 Å². The van der Waals surface area contributed by atoms with Crippen LogP contribution in [0, 0.1) is 5.92 Å². The number of rotatable bonds is 1. The first kappa shape index (κ1) is 9.77. The molecule has 4 heteroatoms. The third-order valence-electron chi connectivity index (χ3n) is 3.52. The van der Waals surface area contributed by atoms with E-state index in [2.05, 4.69) is 5.32 Å². The van der Waals surface area contributed by atoms with Crippen molar-refractivity contribution in [2.75, 3.05) is 19.6 Å². The van der Waals surface area contributed by atoms with E-state index in [4.69, 9.17) is 5.73 Å². The molecule has 2 saturated heterocycles. The van der Waals surface area contributed by atoms with E-state index in [0.717, 1.165) is 31.8 Å². The lowest BCUT2D eigenvalue weighted by molar-refractivity contribution is 0.167. The number of urea groups is 1. The Balaban J connectivity index is 1.80. The molecule has 0 spiro atoms. The van der Waals surface area contributed by atoms with E-state index in [1.165, 1.54) is 19.4 Å². The van der Waals surface area contributed by atoms with Gasteiger partial charge in [0.25, 0.3) is 0 Å². The number of primary amides is 1. The molecule has 2 rings (SSSR count). The molecule has 4 nitrogen and oxygen atoms in total. The average molecular weight is 197 g/mol. The Labute approximate surface area is 84.8 Å². The Morgan fingerprint density at radius 3 is 2.50 bits per heavy atom. The van der Waals surface area contributed by atoms with Crippen molar-refractivity contribution < 1.29 is 4.79 Å². The summed E-state index contributed by atoms with van der Waals surface area (Å²) in [7, 11) is 0. The molecule has 1 atom stereocenters. The monoisotopic (exact) mass is 197 g/mol. The fourth-order valence-corrected chi connectivity index (χ4v) is 2.64. The summed E-state index contributed by atoms with van der Waals surface area (Å²) in [5.74, 6) is 0.757. The summed E-state index contributed by atoms with van der Waals surface area (Å²) in [5, 5.41) is 3.54. The maximum atomic E-state index is 10.9. The van der Waals surface area contributed by atoms with Gasteiger partial charge in [-0.2, -0.15) is 0 Å². The molecule has 2 aliphatic heterocycles. The van der Waals surface area contributed by atoms with Gasteiger partial charge >= 0.3 is 6.03 Å². The second-order valence-corrected chi connectivity index (χ2v) is 4.37. The molecule has 2 aliphatic rings. The SMILES string of the molecule is NC(=O)N1CCC(C2CCCN2)CC1. The van der Waals surface area contributed by atoms with E-state index in [1.54, 1.807) is 4.90 Å². The summed E-state index contributed by atoms with van der Waals surface area (Å²) in [6.45, 7) is 2.86. The van der Waals surface area contributed by atoms with Crippen LogP contribution in [-0.2, 0) is 0 Å². The first-order valence-electron chi connectivity index (χ1n) is 5.55. The maximum Gasteiger partial charge on any atom is 0.314 e. The van der Waals surface area contributed by atoms with E-state index in [-0.39, 0.29) is 6.03 Å². The number of carbonyl (C=O) groups excluding carboxylic acids is 1. The van der Waals surface area contributed by atoms with Crippen LogP contribution in [0.3, 0.4) is 0 Å². The van der Waals surface area contributed by atoms with Gasteiger partial charge in [-0.3, -0.25) is 0 Å². The molecule has 3 N–H and O–H groups in total. The van der Waals surface area contributed by atoms with E-state index in [9.17, 15) is 4.79 Å². The molecular formula is C10H19N3O. The lowest BCUT2D eigenvalue weighted by Crippen LogP contribution is -2.45. The zero-order chi connectivity index (χ0) is 9.97. The highest BCUT2D eigenvalue weighted by Gasteiger charge is 2.28. The first-order valence-corrected chi connectivity index (χ1v) is 5.55. The van der Waals surface area contributed by atoms with Gasteiger partial charge in [-0.05, 0) is 38.1 Å². The molecule has 2 fully saturated rings. The average Bonchev–Trinajstić information content (AvgIpc) is 2.71. The highest BCUT2D eigenvalue weighted by molar-refractivity contribution is 5.72. The molecule has 0 bridgehead atoms. The fraction of sp³-hybridized carbons (Fsp3) is 0.900. The van der Waals surface area contributed by atoms with Crippen molar-refractivity contribution in [2.45, 2.75) is 31.7 Å². The fourth-order valence-electron chi connectivity index (χ4n) is 2.64. The molecule has 1 unspecified atom stereocenters. The summed E-state index contributed by atoms with van der Waals surface area (Å²) < 4.78 is 0. The third-order valence-corrected chi connectivity index (χ3v) is 3.52. The number of nitrogens with two attached hydrogens (primary N) is 1. The molecule has 0 radical (unpaired) electrons. The lowest BCUT2D eigenvalue weighted by Gasteiger charge is -2.33. The predicted octanol–water partition coefficient (Wildman–Crippen LogP) is 0.529. The predicted molar refractivity (Wildman–Crippen MR) is 54.9 cm³/mol. The summed E-state index contributed by atoms with van der Waals surface area (Å²) in [6.07, 6.45) is 4.84. The summed E-state index contributed by atoms with van der Waals surface area (Å²) >= 11 is 0. The Morgan fingerprint density at radius 2 is 2.00 bits per heavy atom. The molecule has 0 aromatic carbocycles. The van der Waals surface area contributed by atoms with Crippen LogP contribution < -0.4 is 11.1 Å². The molecule has 14 heavy (non-hydrogen) atoms. The molecule has 80 valence electrons. The minimum absolute atomic E-state index is 0.261. The van der Waals surface area contributed by atoms with Crippen LogP contribution in [0.2, 0.25) is 0 Å². The number of carbonyl (C=O) groups is 1. The minimum atomic E-state index is -0.261. The number of hydrogen-bond acceptors (Lipinski definition) is 2. The van der Waals surface area contributed by atoms with E-state index < -0.39 is 0 Å². The number of nitrogens with one attached hydrogen (secondary N) is 1. The normalized spacial score (nSPS) is 29.4. The Morgan fingerprint density at radius 1 is 1.29 bits per heavy atom. The van der Waals surface area contributed by atoms with Gasteiger partial charge in [0.05, 0.1) is 0 Å². The quantitative estimate of drug-likeness (QED) is 0.644. The Hall–Kier alpha value is -0.770. The van der Waals surface area contributed by atoms with Crippen molar-refractivity contribution in [3.8, 4) is 0 Å². The van der Waals surface area contributed by atoms with Gasteiger partial charge < -0.3 is 16.0 Å². The summed E-state index contributed by atoms with van der Waals surface area (Å²) in [4.78, 5) is 12.7. The van der Waals surface area contributed by atoms with Crippen molar-refractivity contribution >= 4 is 6.03 Å². The number of amides is 2. The van der Waals surface area contributed by atoms with Crippen LogP contribution in [0.4, 0.5) is 4.79 Å². The van der Waals surface area contributed by atoms with E-state index in [1.807, 2.05) is 0 Å². The molecule has 2 heterocycles. The molecular weight excluding hydrogens is 178 g/mol. The molecule has 0 aromatic rings. The highest BCUT2D eigenvalue weighted by atomic mass is 16.2. The standard InChI is InChI=1S/C10H19N3O/c11-10(14)13-6-3-8(4-7-13)9-2-1-5-12-9/h8-9,12H,1-7H2,(H2,11,14). The van der Waals surface area contributed by atoms with E-state index >= 15 is 0 Å². The van der Waals surface area contributed by atoms with Crippen molar-refractivity contribution in [3.63, 3.8) is 0 Å². The van der Waals surface area contributed by atoms with Gasteiger partial charge in [0.2, 0.25) is 0 Å². The Kier molecular flexibility index (Phi) is 2.91. The number of likely N-dealkylation sites (tertiary alicyclic amines) is 1. The zero-order valence-electron chi connectivity index (χ0n) is 8.54. The largest absolute Gasteiger partial charge is 0.351 e. The van der Waals surface area contributed by atoms with Crippen LogP contribution >= 0.6 is 0 Å². The molecule has 2 amide bonds. The van der Waals surface area contributed by atoms with Gasteiger partial charge in [-0.25, -0.2) is 4.79 Å². The first-order chi connectivity index (χ1) is 6.77. The second kappa shape index (κ2) is 4.17. The van der Waals surface area contributed by atoms with Crippen LogP contribution in [0.1, 0.15) is 25.7 Å². The van der Waals surface area contributed by atoms with Crippen molar-refractivity contribution in [1.29, 1.82) is 0 Å². The van der Waals surface area contributed by atoms with Crippen molar-refractivity contribution in [2.24, 2.45) is 11.7 Å². The Bertz CT molecular complexity index is 205. The van der Waals surface area contributed by atoms with Gasteiger partial charge in [0.1, 0.15) is 0 Å². The lowest BCUT2D eigenvalue weighted by atomic mass is 9.89. The number of hydrogen-bond donors (Lipinski definition) is 2. The highest BCUT2D eigenvalue weighted by Crippen LogP contribution is 2.25.